The van der Waals surface area contributed by atoms with Gasteiger partial charge in [-0.05, 0) is 36.2 Å². The highest BCUT2D eigenvalue weighted by Crippen LogP contribution is 2.24. The minimum absolute atomic E-state index is 0.0132. The maximum absolute atomic E-state index is 6.17. The largest absolute Gasteiger partial charge is 0.484 e. The lowest BCUT2D eigenvalue weighted by Gasteiger charge is -2.21. The third-order valence-electron chi connectivity index (χ3n) is 3.13. The van der Waals surface area contributed by atoms with Gasteiger partial charge in [-0.15, -0.1) is 0 Å². The van der Waals surface area contributed by atoms with Crippen LogP contribution in [0.15, 0.2) is 59.1 Å². The third-order valence-corrected chi connectivity index (χ3v) is 3.62. The monoisotopic (exact) mass is 347 g/mol. The fourth-order valence-corrected chi connectivity index (χ4v) is 2.48. The van der Waals surface area contributed by atoms with Crippen LogP contribution in [-0.4, -0.2) is 13.1 Å². The molecule has 0 aliphatic rings. The van der Waals surface area contributed by atoms with E-state index in [4.69, 9.17) is 4.74 Å². The normalized spacial score (nSPS) is 12.4. The average molecular weight is 348 g/mol. The van der Waals surface area contributed by atoms with Crippen molar-refractivity contribution in [1.82, 2.24) is 5.32 Å². The van der Waals surface area contributed by atoms with Crippen LogP contribution >= 0.6 is 15.9 Å². The van der Waals surface area contributed by atoms with Crippen molar-refractivity contribution in [2.24, 2.45) is 5.92 Å². The SMILES string of the molecule is CC(C)CNCC(Oc1cccc(Br)c1)c1ccccc1. The van der Waals surface area contributed by atoms with Crippen LogP contribution in [0.5, 0.6) is 5.75 Å². The van der Waals surface area contributed by atoms with Crippen molar-refractivity contribution in [3.63, 3.8) is 0 Å². The Labute approximate surface area is 135 Å². The average Bonchev–Trinajstić information content (AvgIpc) is 2.47. The summed E-state index contributed by atoms with van der Waals surface area (Å²) in [6.45, 7) is 6.21. The second-order valence-electron chi connectivity index (χ2n) is 5.53. The molecule has 0 saturated carbocycles. The van der Waals surface area contributed by atoms with Crippen molar-refractivity contribution in [3.05, 3.63) is 64.6 Å². The predicted molar refractivity (Wildman–Crippen MR) is 91.7 cm³/mol. The summed E-state index contributed by atoms with van der Waals surface area (Å²) >= 11 is 3.48. The van der Waals surface area contributed by atoms with Gasteiger partial charge in [-0.1, -0.05) is 66.2 Å². The molecule has 2 aromatic carbocycles. The highest BCUT2D eigenvalue weighted by Gasteiger charge is 2.13. The quantitative estimate of drug-likeness (QED) is 0.775. The van der Waals surface area contributed by atoms with Crippen LogP contribution in [0.25, 0.3) is 0 Å². The van der Waals surface area contributed by atoms with E-state index >= 15 is 0 Å². The molecule has 0 aromatic heterocycles. The molecule has 21 heavy (non-hydrogen) atoms. The molecule has 1 atom stereocenters. The van der Waals surface area contributed by atoms with Gasteiger partial charge in [0.25, 0.3) is 0 Å². The molecule has 2 nitrogen and oxygen atoms in total. The lowest BCUT2D eigenvalue weighted by atomic mass is 10.1. The van der Waals surface area contributed by atoms with Gasteiger partial charge in [0, 0.05) is 11.0 Å². The van der Waals surface area contributed by atoms with E-state index in [0.717, 1.165) is 23.3 Å². The molecule has 1 unspecified atom stereocenters. The van der Waals surface area contributed by atoms with Gasteiger partial charge in [-0.2, -0.15) is 0 Å². The summed E-state index contributed by atoms with van der Waals surface area (Å²) in [6.07, 6.45) is 0.0132. The number of benzene rings is 2. The molecule has 0 radical (unpaired) electrons. The Hall–Kier alpha value is -1.32. The molecule has 0 saturated heterocycles. The van der Waals surface area contributed by atoms with Crippen molar-refractivity contribution >= 4 is 15.9 Å². The zero-order valence-electron chi connectivity index (χ0n) is 12.6. The van der Waals surface area contributed by atoms with Crippen LogP contribution in [-0.2, 0) is 0 Å². The number of hydrogen-bond donors (Lipinski definition) is 1. The van der Waals surface area contributed by atoms with Gasteiger partial charge < -0.3 is 10.1 Å². The van der Waals surface area contributed by atoms with Crippen LogP contribution in [0, 0.1) is 5.92 Å². The van der Waals surface area contributed by atoms with Gasteiger partial charge in [0.1, 0.15) is 11.9 Å². The van der Waals surface area contributed by atoms with Gasteiger partial charge in [0.2, 0.25) is 0 Å². The lowest BCUT2D eigenvalue weighted by Crippen LogP contribution is -2.28. The van der Waals surface area contributed by atoms with Crippen molar-refractivity contribution in [2.45, 2.75) is 20.0 Å². The van der Waals surface area contributed by atoms with E-state index in [-0.39, 0.29) is 6.10 Å². The zero-order chi connectivity index (χ0) is 15.1. The number of halogens is 1. The maximum Gasteiger partial charge on any atom is 0.136 e. The molecule has 0 spiro atoms. The molecule has 0 bridgehead atoms. The van der Waals surface area contributed by atoms with Crippen molar-refractivity contribution in [2.75, 3.05) is 13.1 Å². The fourth-order valence-electron chi connectivity index (χ4n) is 2.10. The lowest BCUT2D eigenvalue weighted by molar-refractivity contribution is 0.200. The topological polar surface area (TPSA) is 21.3 Å². The highest BCUT2D eigenvalue weighted by atomic mass is 79.9. The Kier molecular flexibility index (Phi) is 6.27. The first-order chi connectivity index (χ1) is 10.1. The zero-order valence-corrected chi connectivity index (χ0v) is 14.1. The summed E-state index contributed by atoms with van der Waals surface area (Å²) in [4.78, 5) is 0. The Morgan fingerprint density at radius 2 is 1.76 bits per heavy atom. The molecule has 0 aliphatic carbocycles. The smallest absolute Gasteiger partial charge is 0.136 e. The number of hydrogen-bond acceptors (Lipinski definition) is 2. The van der Waals surface area contributed by atoms with Gasteiger partial charge >= 0.3 is 0 Å². The standard InChI is InChI=1S/C18H22BrNO/c1-14(2)12-20-13-18(15-7-4-3-5-8-15)21-17-10-6-9-16(19)11-17/h3-11,14,18,20H,12-13H2,1-2H3. The Morgan fingerprint density at radius 1 is 1.00 bits per heavy atom. The molecular weight excluding hydrogens is 326 g/mol. The first-order valence-corrected chi connectivity index (χ1v) is 8.12. The minimum Gasteiger partial charge on any atom is -0.484 e. The van der Waals surface area contributed by atoms with E-state index in [1.54, 1.807) is 0 Å². The Balaban J connectivity index is 2.08. The van der Waals surface area contributed by atoms with Crippen molar-refractivity contribution in [1.29, 1.82) is 0 Å². The highest BCUT2D eigenvalue weighted by molar-refractivity contribution is 9.10. The van der Waals surface area contributed by atoms with Gasteiger partial charge in [0.05, 0.1) is 0 Å². The Morgan fingerprint density at radius 3 is 2.43 bits per heavy atom. The first-order valence-electron chi connectivity index (χ1n) is 7.33. The molecule has 0 heterocycles. The first kappa shape index (κ1) is 16.1. The molecule has 112 valence electrons. The van der Waals surface area contributed by atoms with Gasteiger partial charge in [-0.3, -0.25) is 0 Å². The van der Waals surface area contributed by atoms with E-state index in [2.05, 4.69) is 59.4 Å². The summed E-state index contributed by atoms with van der Waals surface area (Å²) in [5.74, 6) is 1.51. The summed E-state index contributed by atoms with van der Waals surface area (Å²) < 4.78 is 7.20. The number of rotatable bonds is 7. The van der Waals surface area contributed by atoms with Gasteiger partial charge in [0.15, 0.2) is 0 Å². The Bertz CT molecular complexity index is 542. The molecular formula is C18H22BrNO. The summed E-state index contributed by atoms with van der Waals surface area (Å²) in [5, 5.41) is 3.48. The van der Waals surface area contributed by atoms with E-state index in [9.17, 15) is 0 Å². The van der Waals surface area contributed by atoms with Crippen molar-refractivity contribution in [3.8, 4) is 5.75 Å². The molecule has 0 amide bonds. The summed E-state index contributed by atoms with van der Waals surface area (Å²) in [6, 6.07) is 18.3. The van der Waals surface area contributed by atoms with E-state index in [0.29, 0.717) is 5.92 Å². The van der Waals surface area contributed by atoms with Crippen molar-refractivity contribution < 1.29 is 4.74 Å². The molecule has 0 fully saturated rings. The molecule has 0 aliphatic heterocycles. The van der Waals surface area contributed by atoms with Crippen LogP contribution < -0.4 is 10.1 Å². The van der Waals surface area contributed by atoms with E-state index in [1.807, 2.05) is 30.3 Å². The maximum atomic E-state index is 6.17. The number of nitrogens with one attached hydrogen (secondary N) is 1. The summed E-state index contributed by atoms with van der Waals surface area (Å²) in [7, 11) is 0. The second kappa shape index (κ2) is 8.20. The third kappa shape index (κ3) is 5.52. The van der Waals surface area contributed by atoms with Crippen LogP contribution in [0.3, 0.4) is 0 Å². The predicted octanol–water partition coefficient (Wildman–Crippen LogP) is 4.81. The second-order valence-corrected chi connectivity index (χ2v) is 6.44. The van der Waals surface area contributed by atoms with Gasteiger partial charge in [-0.25, -0.2) is 0 Å². The summed E-state index contributed by atoms with van der Waals surface area (Å²) in [5.41, 5.74) is 1.19. The molecule has 2 rings (SSSR count). The van der Waals surface area contributed by atoms with E-state index in [1.165, 1.54) is 5.56 Å². The fraction of sp³-hybridized carbons (Fsp3) is 0.333. The molecule has 1 N–H and O–H groups in total. The van der Waals surface area contributed by atoms with E-state index < -0.39 is 0 Å². The van der Waals surface area contributed by atoms with Crippen LogP contribution in [0.1, 0.15) is 25.5 Å². The van der Waals surface area contributed by atoms with Crippen LogP contribution in [0.4, 0.5) is 0 Å². The number of ether oxygens (including phenoxy) is 1. The van der Waals surface area contributed by atoms with Crippen LogP contribution in [0.2, 0.25) is 0 Å². The molecule has 3 heteroatoms. The molecule has 2 aromatic rings. The minimum atomic E-state index is 0.0132.